The average Bonchev–Trinajstić information content (AvgIpc) is 2.40. The van der Waals surface area contributed by atoms with Gasteiger partial charge in [0.1, 0.15) is 4.90 Å². The molecule has 0 bridgehead atoms. The highest BCUT2D eigenvalue weighted by atomic mass is 32.2. The lowest BCUT2D eigenvalue weighted by Crippen LogP contribution is -2.05. The minimum absolute atomic E-state index is 0.0597. The second-order valence-corrected chi connectivity index (χ2v) is 5.04. The van der Waals surface area contributed by atoms with Gasteiger partial charge in [-0.2, -0.15) is 13.7 Å². The van der Waals surface area contributed by atoms with Crippen LogP contribution in [0.3, 0.4) is 0 Å². The van der Waals surface area contributed by atoms with E-state index in [0.29, 0.717) is 25.0 Å². The van der Waals surface area contributed by atoms with Crippen LogP contribution in [0, 0.1) is 11.3 Å². The summed E-state index contributed by atoms with van der Waals surface area (Å²) in [5.74, 6) is 0. The second-order valence-electron chi connectivity index (χ2n) is 3.51. The third-order valence-corrected chi connectivity index (χ3v) is 3.35. The minimum Gasteiger partial charge on any atom is -0.265 e. The Hall–Kier alpha value is -1.87. The number of benzene rings is 1. The van der Waals surface area contributed by atoms with Crippen molar-refractivity contribution in [2.75, 3.05) is 0 Å². The number of rotatable bonds is 6. The Morgan fingerprint density at radius 3 is 2.61 bits per heavy atom. The van der Waals surface area contributed by atoms with Gasteiger partial charge in [-0.05, 0) is 18.6 Å². The van der Waals surface area contributed by atoms with Crippen molar-refractivity contribution in [3.63, 3.8) is 0 Å². The first-order valence-corrected chi connectivity index (χ1v) is 6.92. The number of nitriles is 1. The molecule has 0 aromatic heterocycles. The lowest BCUT2D eigenvalue weighted by atomic mass is 10.2. The zero-order chi connectivity index (χ0) is 13.4. The van der Waals surface area contributed by atoms with Crippen LogP contribution < -0.4 is 0 Å². The van der Waals surface area contributed by atoms with Crippen LogP contribution in [0.15, 0.2) is 40.4 Å². The Morgan fingerprint density at radius 1 is 1.39 bits per heavy atom. The van der Waals surface area contributed by atoms with E-state index in [4.69, 9.17) is 5.26 Å². The Bertz CT molecular complexity index is 544. The van der Waals surface area contributed by atoms with Gasteiger partial charge in [-0.3, -0.25) is 4.28 Å². The molecule has 0 aliphatic carbocycles. The van der Waals surface area contributed by atoms with Crippen molar-refractivity contribution in [1.82, 2.24) is 0 Å². The lowest BCUT2D eigenvalue weighted by Gasteiger charge is -2.03. The second kappa shape index (κ2) is 6.77. The molecule has 6 heteroatoms. The molecular formula is C12H14N2O3S. The predicted octanol–water partition coefficient (Wildman–Crippen LogP) is 2.46. The van der Waals surface area contributed by atoms with E-state index < -0.39 is 10.1 Å². The zero-order valence-corrected chi connectivity index (χ0v) is 10.9. The van der Waals surface area contributed by atoms with E-state index in [9.17, 15) is 8.42 Å². The molecule has 0 radical (unpaired) electrons. The molecule has 5 nitrogen and oxygen atoms in total. The molecular weight excluding hydrogens is 252 g/mol. The van der Waals surface area contributed by atoms with E-state index in [2.05, 4.69) is 9.44 Å². The van der Waals surface area contributed by atoms with Gasteiger partial charge in [0.15, 0.2) is 0 Å². The molecule has 1 aromatic carbocycles. The molecule has 0 aliphatic rings. The van der Waals surface area contributed by atoms with Crippen molar-refractivity contribution in [2.24, 2.45) is 5.16 Å². The topological polar surface area (TPSA) is 79.5 Å². The largest absolute Gasteiger partial charge is 0.358 e. The monoisotopic (exact) mass is 266 g/mol. The summed E-state index contributed by atoms with van der Waals surface area (Å²) in [7, 11) is -3.86. The fourth-order valence-corrected chi connectivity index (χ4v) is 2.00. The van der Waals surface area contributed by atoms with Crippen LogP contribution in [0.25, 0.3) is 0 Å². The Balaban J connectivity index is 2.78. The molecule has 0 saturated carbocycles. The molecule has 0 atom stereocenters. The van der Waals surface area contributed by atoms with Crippen molar-refractivity contribution < 1.29 is 12.7 Å². The maximum atomic E-state index is 11.7. The van der Waals surface area contributed by atoms with Crippen LogP contribution in [0.2, 0.25) is 0 Å². The summed E-state index contributed by atoms with van der Waals surface area (Å²) >= 11 is 0. The quantitative estimate of drug-likeness (QED) is 0.585. The van der Waals surface area contributed by atoms with Gasteiger partial charge in [-0.25, -0.2) is 0 Å². The molecule has 18 heavy (non-hydrogen) atoms. The molecule has 0 saturated heterocycles. The van der Waals surface area contributed by atoms with Crippen molar-refractivity contribution in [1.29, 1.82) is 5.26 Å². The van der Waals surface area contributed by atoms with Gasteiger partial charge < -0.3 is 0 Å². The first-order valence-electron chi connectivity index (χ1n) is 5.51. The molecule has 0 amide bonds. The van der Waals surface area contributed by atoms with Crippen LogP contribution in [-0.4, -0.2) is 14.1 Å². The highest BCUT2D eigenvalue weighted by molar-refractivity contribution is 7.86. The van der Waals surface area contributed by atoms with Crippen molar-refractivity contribution >= 4 is 15.8 Å². The number of hydrogen-bond acceptors (Lipinski definition) is 5. The van der Waals surface area contributed by atoms with Gasteiger partial charge in [0.05, 0.1) is 11.8 Å². The zero-order valence-electron chi connectivity index (χ0n) is 10.0. The maximum Gasteiger partial charge on any atom is 0.358 e. The van der Waals surface area contributed by atoms with E-state index in [0.717, 1.165) is 0 Å². The highest BCUT2D eigenvalue weighted by Crippen LogP contribution is 2.12. The molecule has 0 fully saturated rings. The first kappa shape index (κ1) is 14.2. The molecule has 0 spiro atoms. The van der Waals surface area contributed by atoms with Crippen molar-refractivity contribution in [3.8, 4) is 6.07 Å². The summed E-state index contributed by atoms with van der Waals surface area (Å²) < 4.78 is 28.1. The van der Waals surface area contributed by atoms with E-state index in [-0.39, 0.29) is 4.90 Å². The van der Waals surface area contributed by atoms with Crippen LogP contribution in [-0.2, 0) is 14.4 Å². The van der Waals surface area contributed by atoms with Crippen molar-refractivity contribution in [3.05, 3.63) is 30.3 Å². The van der Waals surface area contributed by atoms with Crippen LogP contribution in [0.4, 0.5) is 0 Å². The predicted molar refractivity (Wildman–Crippen MR) is 67.3 cm³/mol. The van der Waals surface area contributed by atoms with Gasteiger partial charge in [0.25, 0.3) is 0 Å². The molecule has 0 N–H and O–H groups in total. The Kier molecular flexibility index (Phi) is 5.33. The molecule has 96 valence electrons. The summed E-state index contributed by atoms with van der Waals surface area (Å²) in [6.07, 6.45) is 1.25. The lowest BCUT2D eigenvalue weighted by molar-refractivity contribution is 0.336. The summed E-state index contributed by atoms with van der Waals surface area (Å²) in [6.45, 7) is 1.83. The van der Waals surface area contributed by atoms with Crippen LogP contribution in [0.5, 0.6) is 0 Å². The summed E-state index contributed by atoms with van der Waals surface area (Å²) in [5.41, 5.74) is 0.552. The Morgan fingerprint density at radius 2 is 2.06 bits per heavy atom. The molecule has 1 rings (SSSR count). The normalized spacial score (nSPS) is 11.9. The molecule has 0 heterocycles. The maximum absolute atomic E-state index is 11.7. The van der Waals surface area contributed by atoms with Gasteiger partial charge in [-0.1, -0.05) is 30.3 Å². The summed E-state index contributed by atoms with van der Waals surface area (Å²) in [4.78, 5) is 0.0597. The van der Waals surface area contributed by atoms with Crippen LogP contribution in [0.1, 0.15) is 26.2 Å². The molecule has 0 aliphatic heterocycles. The van der Waals surface area contributed by atoms with Gasteiger partial charge in [-0.15, -0.1) is 0 Å². The number of hydrogen-bond donors (Lipinski definition) is 0. The molecule has 1 aromatic rings. The van der Waals surface area contributed by atoms with E-state index in [1.54, 1.807) is 18.2 Å². The fourth-order valence-electron chi connectivity index (χ4n) is 1.22. The Labute approximate surface area is 107 Å². The average molecular weight is 266 g/mol. The van der Waals surface area contributed by atoms with Gasteiger partial charge in [0.2, 0.25) is 0 Å². The SMILES string of the molecule is CC/C(CCC#N)=N\OS(=O)(=O)c1ccccc1. The summed E-state index contributed by atoms with van der Waals surface area (Å²) in [6, 6.07) is 9.78. The smallest absolute Gasteiger partial charge is 0.265 e. The van der Waals surface area contributed by atoms with Gasteiger partial charge >= 0.3 is 10.1 Å². The van der Waals surface area contributed by atoms with Crippen LogP contribution >= 0.6 is 0 Å². The number of oxime groups is 1. The van der Waals surface area contributed by atoms with E-state index >= 15 is 0 Å². The molecule has 0 unspecified atom stereocenters. The minimum atomic E-state index is -3.86. The van der Waals surface area contributed by atoms with Crippen molar-refractivity contribution in [2.45, 2.75) is 31.1 Å². The highest BCUT2D eigenvalue weighted by Gasteiger charge is 2.15. The third-order valence-electron chi connectivity index (χ3n) is 2.23. The standard InChI is InChI=1S/C12H14N2O3S/c1-2-11(7-6-10-13)14-17-18(15,16)12-8-4-3-5-9-12/h3-5,8-9H,2,6-7H2,1H3/b14-11+. The fraction of sp³-hybridized carbons (Fsp3) is 0.333. The van der Waals surface area contributed by atoms with E-state index in [1.807, 2.05) is 13.0 Å². The number of nitrogens with zero attached hydrogens (tertiary/aromatic N) is 2. The van der Waals surface area contributed by atoms with Gasteiger partial charge in [0, 0.05) is 12.8 Å². The first-order chi connectivity index (χ1) is 8.60. The summed E-state index contributed by atoms with van der Waals surface area (Å²) in [5, 5.41) is 12.1. The third kappa shape index (κ3) is 4.18. The van der Waals surface area contributed by atoms with E-state index in [1.165, 1.54) is 12.1 Å².